The number of aliphatic imine (C=N–C) groups is 1. The lowest BCUT2D eigenvalue weighted by atomic mass is 10.2. The molecule has 11 nitrogen and oxygen atoms in total. The molecule has 2 aromatic rings. The number of rotatable bonds is 7. The van der Waals surface area contributed by atoms with Gasteiger partial charge >= 0.3 is 0 Å². The van der Waals surface area contributed by atoms with Crippen molar-refractivity contribution in [3.8, 4) is 0 Å². The second-order valence-corrected chi connectivity index (χ2v) is 9.38. The molecule has 1 aliphatic heterocycles. The second-order valence-electron chi connectivity index (χ2n) is 6.65. The largest absolute Gasteiger partial charge is 0.320 e. The molecule has 2 amide bonds. The van der Waals surface area contributed by atoms with Crippen LogP contribution in [0.1, 0.15) is 13.3 Å². The molecule has 3 N–H and O–H groups in total. The molecule has 1 aliphatic rings. The number of nitro benzene ring substituents is 1. The smallest absolute Gasteiger partial charge is 0.292 e. The van der Waals surface area contributed by atoms with Crippen molar-refractivity contribution in [1.29, 1.82) is 0 Å². The van der Waals surface area contributed by atoms with Crippen molar-refractivity contribution in [3.05, 3.63) is 58.6 Å². The third kappa shape index (κ3) is 5.30. The SMILES string of the molecule is CCN1C(=O)[C@H](CC(=O)Nc2ccccc2[N+](=O)[O-])SC1=Nc1ccc(S(N)(=O)=O)cc1. The zero-order valence-corrected chi connectivity index (χ0v) is 18.4. The molecular weight excluding hydrogens is 458 g/mol. The number of amidine groups is 1. The number of para-hydroxylation sites is 2. The number of hydrogen-bond acceptors (Lipinski definition) is 8. The molecule has 0 aliphatic carbocycles. The summed E-state index contributed by atoms with van der Waals surface area (Å²) in [5.74, 6) is -0.852. The van der Waals surface area contributed by atoms with E-state index in [9.17, 15) is 28.1 Å². The first kappa shape index (κ1) is 23.4. The van der Waals surface area contributed by atoms with Crippen LogP contribution in [-0.2, 0) is 19.6 Å². The number of nitrogens with zero attached hydrogens (tertiary/aromatic N) is 3. The van der Waals surface area contributed by atoms with Crippen molar-refractivity contribution in [2.75, 3.05) is 11.9 Å². The van der Waals surface area contributed by atoms with E-state index in [1.807, 2.05) is 0 Å². The average molecular weight is 478 g/mol. The lowest BCUT2D eigenvalue weighted by molar-refractivity contribution is -0.383. The van der Waals surface area contributed by atoms with Crippen molar-refractivity contribution in [3.63, 3.8) is 0 Å². The van der Waals surface area contributed by atoms with E-state index in [1.54, 1.807) is 13.0 Å². The summed E-state index contributed by atoms with van der Waals surface area (Å²) in [4.78, 5) is 41.4. The van der Waals surface area contributed by atoms with Gasteiger partial charge < -0.3 is 5.32 Å². The molecule has 168 valence electrons. The fourth-order valence-corrected chi connectivity index (χ4v) is 4.68. The molecule has 0 spiro atoms. The van der Waals surface area contributed by atoms with Crippen LogP contribution in [0.3, 0.4) is 0 Å². The van der Waals surface area contributed by atoms with Gasteiger partial charge in [-0.05, 0) is 37.3 Å². The first-order valence-corrected chi connectivity index (χ1v) is 11.8. The summed E-state index contributed by atoms with van der Waals surface area (Å²) in [5.41, 5.74) is 0.219. The number of primary sulfonamides is 1. The molecule has 0 radical (unpaired) electrons. The molecule has 0 unspecified atom stereocenters. The molecule has 3 rings (SSSR count). The third-order valence-electron chi connectivity index (χ3n) is 4.47. The van der Waals surface area contributed by atoms with Crippen molar-refractivity contribution in [2.24, 2.45) is 10.1 Å². The van der Waals surface area contributed by atoms with Crippen LogP contribution >= 0.6 is 11.8 Å². The van der Waals surface area contributed by atoms with E-state index in [4.69, 9.17) is 5.14 Å². The molecule has 1 saturated heterocycles. The fourth-order valence-electron chi connectivity index (χ4n) is 2.95. The number of carbonyl (C=O) groups excluding carboxylic acids is 2. The van der Waals surface area contributed by atoms with Crippen molar-refractivity contribution in [1.82, 2.24) is 4.90 Å². The molecule has 0 bridgehead atoms. The van der Waals surface area contributed by atoms with Crippen LogP contribution in [0.15, 0.2) is 58.4 Å². The lowest BCUT2D eigenvalue weighted by Gasteiger charge is -2.13. The Labute approximate surface area is 187 Å². The van der Waals surface area contributed by atoms with Crippen LogP contribution in [0.5, 0.6) is 0 Å². The van der Waals surface area contributed by atoms with Crippen LogP contribution in [0.25, 0.3) is 0 Å². The zero-order valence-electron chi connectivity index (χ0n) is 16.8. The van der Waals surface area contributed by atoms with Gasteiger partial charge in [-0.1, -0.05) is 23.9 Å². The van der Waals surface area contributed by atoms with E-state index in [0.717, 1.165) is 11.8 Å². The summed E-state index contributed by atoms with van der Waals surface area (Å²) < 4.78 is 22.7. The van der Waals surface area contributed by atoms with E-state index in [-0.39, 0.29) is 28.6 Å². The third-order valence-corrected chi connectivity index (χ3v) is 6.58. The average Bonchev–Trinajstić information content (AvgIpc) is 3.01. The number of carbonyl (C=O) groups is 2. The van der Waals surface area contributed by atoms with Gasteiger partial charge in [0.1, 0.15) is 10.9 Å². The Kier molecular flexibility index (Phi) is 6.91. The zero-order chi connectivity index (χ0) is 23.5. The molecule has 1 atom stereocenters. The quantitative estimate of drug-likeness (QED) is 0.456. The Morgan fingerprint density at radius 1 is 1.25 bits per heavy atom. The Morgan fingerprint density at radius 3 is 2.50 bits per heavy atom. The normalized spacial score (nSPS) is 17.6. The van der Waals surface area contributed by atoms with Crippen molar-refractivity contribution < 1.29 is 22.9 Å². The monoisotopic (exact) mass is 477 g/mol. The maximum atomic E-state index is 12.7. The molecule has 0 saturated carbocycles. The number of anilines is 1. The highest BCUT2D eigenvalue weighted by atomic mass is 32.2. The Bertz CT molecular complexity index is 1200. The van der Waals surface area contributed by atoms with Gasteiger partial charge in [0.15, 0.2) is 5.17 Å². The van der Waals surface area contributed by atoms with Gasteiger partial charge in [0.25, 0.3) is 5.69 Å². The maximum absolute atomic E-state index is 12.7. The van der Waals surface area contributed by atoms with E-state index in [1.165, 1.54) is 47.4 Å². The Balaban J connectivity index is 1.74. The summed E-state index contributed by atoms with van der Waals surface area (Å²) >= 11 is 1.09. The number of nitro groups is 1. The number of hydrogen-bond donors (Lipinski definition) is 2. The Hall–Kier alpha value is -3.29. The lowest BCUT2D eigenvalue weighted by Crippen LogP contribution is -2.33. The summed E-state index contributed by atoms with van der Waals surface area (Å²) in [7, 11) is -3.83. The predicted molar refractivity (Wildman–Crippen MR) is 120 cm³/mol. The highest BCUT2D eigenvalue weighted by molar-refractivity contribution is 8.15. The van der Waals surface area contributed by atoms with Gasteiger partial charge in [-0.2, -0.15) is 0 Å². The summed E-state index contributed by atoms with van der Waals surface area (Å²) in [5, 5.41) is 18.3. The molecule has 2 aromatic carbocycles. The van der Waals surface area contributed by atoms with Crippen molar-refractivity contribution in [2.45, 2.75) is 23.5 Å². The molecule has 0 aromatic heterocycles. The number of sulfonamides is 1. The number of amides is 2. The van der Waals surface area contributed by atoms with Crippen LogP contribution in [0.4, 0.5) is 17.1 Å². The predicted octanol–water partition coefficient (Wildman–Crippen LogP) is 2.22. The van der Waals surface area contributed by atoms with Gasteiger partial charge in [-0.15, -0.1) is 0 Å². The van der Waals surface area contributed by atoms with E-state index in [0.29, 0.717) is 17.4 Å². The molecule has 1 fully saturated rings. The van der Waals surface area contributed by atoms with E-state index in [2.05, 4.69) is 10.3 Å². The van der Waals surface area contributed by atoms with E-state index < -0.39 is 26.1 Å². The van der Waals surface area contributed by atoms with Crippen LogP contribution in [-0.4, -0.2) is 47.0 Å². The molecular formula is C19H19N5O6S2. The van der Waals surface area contributed by atoms with Gasteiger partial charge in [-0.25, -0.2) is 18.5 Å². The van der Waals surface area contributed by atoms with Gasteiger partial charge in [0.2, 0.25) is 21.8 Å². The Morgan fingerprint density at radius 2 is 1.91 bits per heavy atom. The highest BCUT2D eigenvalue weighted by Crippen LogP contribution is 2.32. The number of thioether (sulfide) groups is 1. The number of nitrogens with two attached hydrogens (primary N) is 1. The summed E-state index contributed by atoms with van der Waals surface area (Å²) in [6.07, 6.45) is -0.199. The van der Waals surface area contributed by atoms with Crippen molar-refractivity contribution >= 4 is 55.8 Å². The highest BCUT2D eigenvalue weighted by Gasteiger charge is 2.38. The molecule has 32 heavy (non-hydrogen) atoms. The summed E-state index contributed by atoms with van der Waals surface area (Å²) in [6, 6.07) is 11.3. The minimum atomic E-state index is -3.83. The van der Waals surface area contributed by atoms with E-state index >= 15 is 0 Å². The topological polar surface area (TPSA) is 165 Å². The minimum absolute atomic E-state index is 0.0501. The van der Waals surface area contributed by atoms with Gasteiger partial charge in [0, 0.05) is 19.0 Å². The van der Waals surface area contributed by atoms with Crippen LogP contribution in [0.2, 0.25) is 0 Å². The standard InChI is InChI=1S/C19H19N5O6S2/c1-2-23-18(26)16(11-17(25)22-14-5-3-4-6-15(14)24(27)28)31-19(23)21-12-7-9-13(10-8-12)32(20,29)30/h3-10,16H,2,11H2,1H3,(H,22,25)(H2,20,29,30)/t16-/m0/s1. The fraction of sp³-hybridized carbons (Fsp3) is 0.211. The van der Waals surface area contributed by atoms with Crippen LogP contribution < -0.4 is 10.5 Å². The number of nitrogens with one attached hydrogen (secondary N) is 1. The maximum Gasteiger partial charge on any atom is 0.292 e. The minimum Gasteiger partial charge on any atom is -0.320 e. The summed E-state index contributed by atoms with van der Waals surface area (Å²) in [6.45, 7) is 2.08. The second kappa shape index (κ2) is 9.46. The van der Waals surface area contributed by atoms with Crippen LogP contribution in [0, 0.1) is 10.1 Å². The molecule has 13 heteroatoms. The van der Waals surface area contributed by atoms with Gasteiger partial charge in [0.05, 0.1) is 15.5 Å². The number of benzene rings is 2. The molecule has 1 heterocycles. The first-order valence-electron chi connectivity index (χ1n) is 9.33. The first-order chi connectivity index (χ1) is 15.1. The van der Waals surface area contributed by atoms with Gasteiger partial charge in [-0.3, -0.25) is 24.6 Å².